The maximum absolute atomic E-state index is 13.2. The Morgan fingerprint density at radius 3 is 2.35 bits per heavy atom. The molecule has 6 nitrogen and oxygen atoms in total. The van der Waals surface area contributed by atoms with Crippen molar-refractivity contribution >= 4 is 27.5 Å². The highest BCUT2D eigenvalue weighted by molar-refractivity contribution is 7.92. The number of benzene rings is 2. The zero-order chi connectivity index (χ0) is 23.0. The normalized spacial score (nSPS) is 14.7. The van der Waals surface area contributed by atoms with Gasteiger partial charge in [-0.25, -0.2) is 17.6 Å². The number of sulfonamides is 1. The largest absolute Gasteiger partial charge is 0.434 e. The Balaban J connectivity index is 1.88. The van der Waals surface area contributed by atoms with Gasteiger partial charge in [-0.05, 0) is 68.7 Å². The fraction of sp³-hybridized carbons (Fsp3) is 0.350. The smallest absolute Gasteiger partial charge is 0.427 e. The maximum Gasteiger partial charge on any atom is 0.427 e. The third-order valence-electron chi connectivity index (χ3n) is 4.84. The van der Waals surface area contributed by atoms with Gasteiger partial charge in [0.15, 0.2) is 0 Å². The van der Waals surface area contributed by atoms with Crippen LogP contribution in [0, 0.1) is 5.82 Å². The lowest BCUT2D eigenvalue weighted by atomic mass is 10.0. The van der Waals surface area contributed by atoms with Gasteiger partial charge < -0.3 is 4.74 Å². The molecule has 0 aliphatic carbocycles. The third kappa shape index (κ3) is 4.76. The van der Waals surface area contributed by atoms with E-state index in [0.29, 0.717) is 18.4 Å². The highest BCUT2D eigenvalue weighted by Crippen LogP contribution is 2.35. The van der Waals surface area contributed by atoms with Crippen LogP contribution in [0.2, 0.25) is 0 Å². The zero-order valence-electron chi connectivity index (χ0n) is 16.7. The molecular formula is C20H20F4N2O4S. The molecule has 0 unspecified atom stereocenters. The van der Waals surface area contributed by atoms with Crippen LogP contribution in [0.15, 0.2) is 47.4 Å². The summed E-state index contributed by atoms with van der Waals surface area (Å²) in [6.45, 7) is 1.59. The van der Waals surface area contributed by atoms with E-state index in [0.717, 1.165) is 42.4 Å². The van der Waals surface area contributed by atoms with Crippen molar-refractivity contribution in [1.82, 2.24) is 0 Å². The number of hydrogen-bond donors (Lipinski definition) is 1. The Labute approximate surface area is 176 Å². The number of alkyl halides is 3. The molecule has 2 aromatic rings. The second kappa shape index (κ2) is 8.03. The number of hydrogen-bond acceptors (Lipinski definition) is 4. The van der Waals surface area contributed by atoms with Crippen molar-refractivity contribution < 1.29 is 35.5 Å². The molecule has 0 spiro atoms. The molecule has 0 saturated carbocycles. The fourth-order valence-electron chi connectivity index (χ4n) is 3.04. The highest BCUT2D eigenvalue weighted by Gasteiger charge is 2.51. The average molecular weight is 460 g/mol. The van der Waals surface area contributed by atoms with E-state index >= 15 is 0 Å². The number of nitrogens with one attached hydrogen (secondary N) is 1. The molecular weight excluding hydrogens is 440 g/mol. The van der Waals surface area contributed by atoms with Crippen molar-refractivity contribution in [2.45, 2.75) is 43.4 Å². The molecule has 0 aromatic heterocycles. The Bertz CT molecular complexity index is 1080. The molecule has 2 aromatic carbocycles. The van der Waals surface area contributed by atoms with Gasteiger partial charge >= 0.3 is 12.3 Å². The minimum atomic E-state index is -4.76. The SMILES string of the molecule is CC(C)(OC(=O)Nc1ccc2c(c1)N(S(=O)(=O)c1ccc(F)cc1)CCC2)C(F)(F)F. The summed E-state index contributed by atoms with van der Waals surface area (Å²) in [5, 5.41) is 2.21. The number of rotatable bonds is 4. The predicted octanol–water partition coefficient (Wildman–Crippen LogP) is 4.86. The van der Waals surface area contributed by atoms with E-state index in [-0.39, 0.29) is 22.8 Å². The first-order valence-corrected chi connectivity index (χ1v) is 10.7. The van der Waals surface area contributed by atoms with Crippen molar-refractivity contribution in [3.8, 4) is 0 Å². The van der Waals surface area contributed by atoms with Crippen molar-refractivity contribution in [2.75, 3.05) is 16.2 Å². The van der Waals surface area contributed by atoms with Gasteiger partial charge in [0.1, 0.15) is 5.82 Å². The Morgan fingerprint density at radius 1 is 1.10 bits per heavy atom. The second-order valence-corrected chi connectivity index (χ2v) is 9.36. The molecule has 3 rings (SSSR count). The average Bonchev–Trinajstić information content (AvgIpc) is 2.66. The lowest BCUT2D eigenvalue weighted by Gasteiger charge is -2.31. The first kappa shape index (κ1) is 22.9. The van der Waals surface area contributed by atoms with Crippen molar-refractivity contribution in [1.29, 1.82) is 0 Å². The van der Waals surface area contributed by atoms with E-state index in [9.17, 15) is 30.8 Å². The molecule has 0 bridgehead atoms. The van der Waals surface area contributed by atoms with Crippen LogP contribution in [0.3, 0.4) is 0 Å². The molecule has 0 saturated heterocycles. The third-order valence-corrected chi connectivity index (χ3v) is 6.67. The topological polar surface area (TPSA) is 75.7 Å². The number of carbonyl (C=O) groups is 1. The summed E-state index contributed by atoms with van der Waals surface area (Å²) in [5.41, 5.74) is -1.67. The van der Waals surface area contributed by atoms with E-state index < -0.39 is 33.7 Å². The minimum Gasteiger partial charge on any atom is -0.434 e. The van der Waals surface area contributed by atoms with Gasteiger partial charge in [-0.3, -0.25) is 9.62 Å². The van der Waals surface area contributed by atoms with Gasteiger partial charge in [-0.2, -0.15) is 13.2 Å². The number of aryl methyl sites for hydroxylation is 1. The summed E-state index contributed by atoms with van der Waals surface area (Å²) >= 11 is 0. The van der Waals surface area contributed by atoms with E-state index in [4.69, 9.17) is 0 Å². The van der Waals surface area contributed by atoms with E-state index in [1.165, 1.54) is 12.1 Å². The van der Waals surface area contributed by atoms with Gasteiger partial charge in [0, 0.05) is 12.2 Å². The molecule has 1 N–H and O–H groups in total. The van der Waals surface area contributed by atoms with Gasteiger partial charge in [0.25, 0.3) is 10.0 Å². The summed E-state index contributed by atoms with van der Waals surface area (Å²) in [6.07, 6.45) is -4.97. The summed E-state index contributed by atoms with van der Waals surface area (Å²) in [7, 11) is -4.01. The first-order valence-electron chi connectivity index (χ1n) is 9.29. The van der Waals surface area contributed by atoms with Crippen LogP contribution in [0.5, 0.6) is 0 Å². The van der Waals surface area contributed by atoms with Gasteiger partial charge in [0.2, 0.25) is 5.60 Å². The van der Waals surface area contributed by atoms with Crippen LogP contribution >= 0.6 is 0 Å². The highest BCUT2D eigenvalue weighted by atomic mass is 32.2. The molecule has 1 aliphatic heterocycles. The summed E-state index contributed by atoms with van der Waals surface area (Å²) < 4.78 is 83.7. The van der Waals surface area contributed by atoms with Crippen LogP contribution in [-0.4, -0.2) is 32.8 Å². The number of halogens is 4. The number of carbonyl (C=O) groups excluding carboxylic acids is 1. The molecule has 1 amide bonds. The standard InChI is InChI=1S/C20H20F4N2O4S/c1-19(2,20(22,23)24)30-18(27)25-15-8-5-13-4-3-11-26(17(13)12-15)31(28,29)16-9-6-14(21)7-10-16/h5-10,12H,3-4,11H2,1-2H3,(H,25,27). The second-order valence-electron chi connectivity index (χ2n) is 7.50. The quantitative estimate of drug-likeness (QED) is 0.662. The van der Waals surface area contributed by atoms with E-state index in [1.807, 2.05) is 0 Å². The fourth-order valence-corrected chi connectivity index (χ4v) is 4.57. The Hall–Kier alpha value is -2.82. The van der Waals surface area contributed by atoms with Gasteiger partial charge in [-0.15, -0.1) is 0 Å². The van der Waals surface area contributed by atoms with E-state index in [1.54, 1.807) is 6.07 Å². The molecule has 168 valence electrons. The number of nitrogens with zero attached hydrogens (tertiary/aromatic N) is 1. The van der Waals surface area contributed by atoms with Gasteiger partial charge in [0.05, 0.1) is 10.6 Å². The monoisotopic (exact) mass is 460 g/mol. The summed E-state index contributed by atoms with van der Waals surface area (Å²) in [6, 6.07) is 8.77. The molecule has 0 fully saturated rings. The lowest BCUT2D eigenvalue weighted by Crippen LogP contribution is -2.44. The molecule has 31 heavy (non-hydrogen) atoms. The Kier molecular flexibility index (Phi) is 5.92. The number of amides is 1. The van der Waals surface area contributed by atoms with Crippen LogP contribution in [0.1, 0.15) is 25.8 Å². The molecule has 1 heterocycles. The maximum atomic E-state index is 13.2. The molecule has 11 heteroatoms. The van der Waals surface area contributed by atoms with Crippen LogP contribution in [-0.2, 0) is 21.2 Å². The van der Waals surface area contributed by atoms with Crippen molar-refractivity contribution in [2.24, 2.45) is 0 Å². The van der Waals surface area contributed by atoms with Crippen LogP contribution < -0.4 is 9.62 Å². The summed E-state index contributed by atoms with van der Waals surface area (Å²) in [5.74, 6) is -0.579. The molecule has 0 atom stereocenters. The summed E-state index contributed by atoms with van der Waals surface area (Å²) in [4.78, 5) is 11.9. The minimum absolute atomic E-state index is 0.0722. The predicted molar refractivity (Wildman–Crippen MR) is 106 cm³/mol. The first-order chi connectivity index (χ1) is 14.3. The van der Waals surface area contributed by atoms with Crippen molar-refractivity contribution in [3.05, 3.63) is 53.8 Å². The molecule has 1 aliphatic rings. The molecule has 0 radical (unpaired) electrons. The van der Waals surface area contributed by atoms with Crippen molar-refractivity contribution in [3.63, 3.8) is 0 Å². The lowest BCUT2D eigenvalue weighted by molar-refractivity contribution is -0.242. The van der Waals surface area contributed by atoms with Gasteiger partial charge in [-0.1, -0.05) is 6.07 Å². The number of anilines is 2. The Morgan fingerprint density at radius 2 is 1.74 bits per heavy atom. The van der Waals surface area contributed by atoms with Crippen LogP contribution in [0.25, 0.3) is 0 Å². The zero-order valence-corrected chi connectivity index (χ0v) is 17.5. The van der Waals surface area contributed by atoms with Crippen LogP contribution in [0.4, 0.5) is 33.7 Å². The number of ether oxygens (including phenoxy) is 1. The van der Waals surface area contributed by atoms with E-state index in [2.05, 4.69) is 10.1 Å². The number of fused-ring (bicyclic) bond motifs is 1.